The quantitative estimate of drug-likeness (QED) is 0.568. The van der Waals surface area contributed by atoms with Gasteiger partial charge in [0.25, 0.3) is 5.91 Å². The number of fused-ring (bicyclic) bond motifs is 1. The van der Waals surface area contributed by atoms with Gasteiger partial charge in [0.05, 0.1) is 5.69 Å². The minimum absolute atomic E-state index is 0.186. The molecule has 0 bridgehead atoms. The van der Waals surface area contributed by atoms with Gasteiger partial charge in [-0.2, -0.15) is 0 Å². The normalized spacial score (nSPS) is 14.7. The molecule has 8 nitrogen and oxygen atoms in total. The Balaban J connectivity index is 1.51. The molecule has 3 aromatic rings. The third kappa shape index (κ3) is 4.86. The molecule has 1 heterocycles. The molecular formula is C24H22N4O4. The molecule has 0 aromatic heterocycles. The summed E-state index contributed by atoms with van der Waals surface area (Å²) in [5, 5.41) is 8.24. The van der Waals surface area contributed by atoms with Gasteiger partial charge in [0.1, 0.15) is 12.3 Å². The summed E-state index contributed by atoms with van der Waals surface area (Å²) >= 11 is 0. The Morgan fingerprint density at radius 3 is 2.09 bits per heavy atom. The molecule has 162 valence electrons. The maximum absolute atomic E-state index is 12.8. The van der Waals surface area contributed by atoms with Crippen molar-refractivity contribution < 1.29 is 19.1 Å². The van der Waals surface area contributed by atoms with Crippen LogP contribution in [0.3, 0.4) is 0 Å². The minimum atomic E-state index is -0.729. The zero-order valence-electron chi connectivity index (χ0n) is 17.4. The largest absolute Gasteiger partial charge is 0.479 e. The summed E-state index contributed by atoms with van der Waals surface area (Å²) in [6.45, 7) is 1.45. The molecule has 8 heteroatoms. The second-order valence-electron chi connectivity index (χ2n) is 7.23. The number of hydrogen-bond acceptors (Lipinski definition) is 4. The van der Waals surface area contributed by atoms with Crippen LogP contribution in [0.25, 0.3) is 0 Å². The predicted molar refractivity (Wildman–Crippen MR) is 123 cm³/mol. The zero-order valence-corrected chi connectivity index (χ0v) is 17.4. The molecule has 1 unspecified atom stereocenters. The van der Waals surface area contributed by atoms with E-state index in [1.165, 1.54) is 4.90 Å². The lowest BCUT2D eigenvalue weighted by molar-refractivity contribution is -0.127. The van der Waals surface area contributed by atoms with Crippen LogP contribution < -0.4 is 25.6 Å². The van der Waals surface area contributed by atoms with E-state index in [0.29, 0.717) is 28.5 Å². The number of benzene rings is 3. The van der Waals surface area contributed by atoms with Gasteiger partial charge in [-0.3, -0.25) is 14.5 Å². The Bertz CT molecular complexity index is 1140. The molecule has 32 heavy (non-hydrogen) atoms. The van der Waals surface area contributed by atoms with E-state index in [1.807, 2.05) is 36.4 Å². The van der Waals surface area contributed by atoms with Crippen LogP contribution in [0.5, 0.6) is 5.75 Å². The van der Waals surface area contributed by atoms with Crippen molar-refractivity contribution in [3.05, 3.63) is 78.9 Å². The van der Waals surface area contributed by atoms with E-state index in [-0.39, 0.29) is 18.4 Å². The highest BCUT2D eigenvalue weighted by molar-refractivity contribution is 6.07. The van der Waals surface area contributed by atoms with Gasteiger partial charge >= 0.3 is 6.03 Å². The van der Waals surface area contributed by atoms with Gasteiger partial charge in [0.15, 0.2) is 6.10 Å². The van der Waals surface area contributed by atoms with Gasteiger partial charge in [0.2, 0.25) is 5.91 Å². The van der Waals surface area contributed by atoms with E-state index in [1.54, 1.807) is 49.4 Å². The highest BCUT2D eigenvalue weighted by Crippen LogP contribution is 2.36. The molecule has 0 saturated carbocycles. The fraction of sp³-hybridized carbons (Fsp3) is 0.125. The molecule has 0 aliphatic carbocycles. The SMILES string of the molecule is CC1Oc2ccc(NC(=O)Nc3ccccc3)cc2N(CC(=O)Nc2ccccc2)C1=O. The van der Waals surface area contributed by atoms with Crippen molar-refractivity contribution in [3.63, 3.8) is 0 Å². The number of amides is 4. The number of anilines is 4. The topological polar surface area (TPSA) is 99.8 Å². The van der Waals surface area contributed by atoms with Gasteiger partial charge in [0, 0.05) is 17.1 Å². The smallest absolute Gasteiger partial charge is 0.323 e. The van der Waals surface area contributed by atoms with Crippen LogP contribution in [0.1, 0.15) is 6.92 Å². The van der Waals surface area contributed by atoms with Crippen molar-refractivity contribution in [2.45, 2.75) is 13.0 Å². The number of nitrogens with zero attached hydrogens (tertiary/aromatic N) is 1. The maximum atomic E-state index is 12.8. The number of ether oxygens (including phenoxy) is 1. The van der Waals surface area contributed by atoms with Gasteiger partial charge in [-0.15, -0.1) is 0 Å². The number of carbonyl (C=O) groups is 3. The Morgan fingerprint density at radius 1 is 0.844 bits per heavy atom. The molecule has 0 radical (unpaired) electrons. The van der Waals surface area contributed by atoms with Gasteiger partial charge in [-0.1, -0.05) is 36.4 Å². The van der Waals surface area contributed by atoms with Crippen molar-refractivity contribution in [1.82, 2.24) is 0 Å². The molecule has 1 aliphatic heterocycles. The summed E-state index contributed by atoms with van der Waals surface area (Å²) in [5.74, 6) is -0.227. The molecule has 0 fully saturated rings. The monoisotopic (exact) mass is 430 g/mol. The third-order valence-electron chi connectivity index (χ3n) is 4.82. The average molecular weight is 430 g/mol. The first kappa shape index (κ1) is 20.9. The molecule has 1 atom stereocenters. The Labute approximate surface area is 185 Å². The van der Waals surface area contributed by atoms with E-state index < -0.39 is 12.1 Å². The number of urea groups is 1. The summed E-state index contributed by atoms with van der Waals surface area (Å²) in [6.07, 6.45) is -0.729. The summed E-state index contributed by atoms with van der Waals surface area (Å²) < 4.78 is 5.68. The first-order chi connectivity index (χ1) is 15.5. The number of carbonyl (C=O) groups excluding carboxylic acids is 3. The van der Waals surface area contributed by atoms with Crippen LogP contribution in [0.15, 0.2) is 78.9 Å². The lowest BCUT2D eigenvalue weighted by Gasteiger charge is -2.33. The lowest BCUT2D eigenvalue weighted by atomic mass is 10.1. The van der Waals surface area contributed by atoms with Gasteiger partial charge in [-0.25, -0.2) is 4.79 Å². The van der Waals surface area contributed by atoms with E-state index in [9.17, 15) is 14.4 Å². The fourth-order valence-corrected chi connectivity index (χ4v) is 3.33. The predicted octanol–water partition coefficient (Wildman–Crippen LogP) is 4.08. The standard InChI is InChI=1S/C24H22N4O4/c1-16-23(30)28(15-22(29)25-17-8-4-2-5-9-17)20-14-19(12-13-21(20)32-16)27-24(31)26-18-10-6-3-7-11-18/h2-14,16H,15H2,1H3,(H,25,29)(H2,26,27,31). The van der Waals surface area contributed by atoms with Crippen LogP contribution in [0.2, 0.25) is 0 Å². The van der Waals surface area contributed by atoms with Gasteiger partial charge in [-0.05, 0) is 49.4 Å². The number of hydrogen-bond donors (Lipinski definition) is 3. The van der Waals surface area contributed by atoms with Crippen LogP contribution in [0, 0.1) is 0 Å². The lowest BCUT2D eigenvalue weighted by Crippen LogP contribution is -2.47. The van der Waals surface area contributed by atoms with E-state index in [4.69, 9.17) is 4.74 Å². The molecule has 0 spiro atoms. The molecular weight excluding hydrogens is 408 g/mol. The van der Waals surface area contributed by atoms with Gasteiger partial charge < -0.3 is 20.7 Å². The molecule has 4 amide bonds. The van der Waals surface area contributed by atoms with Crippen molar-refractivity contribution >= 4 is 40.6 Å². The minimum Gasteiger partial charge on any atom is -0.479 e. The third-order valence-corrected chi connectivity index (χ3v) is 4.82. The molecule has 3 aromatic carbocycles. The Morgan fingerprint density at radius 2 is 1.44 bits per heavy atom. The molecule has 4 rings (SSSR count). The van der Waals surface area contributed by atoms with Crippen LogP contribution in [-0.4, -0.2) is 30.5 Å². The molecule has 3 N–H and O–H groups in total. The Hall–Kier alpha value is -4.33. The summed E-state index contributed by atoms with van der Waals surface area (Å²) in [5.41, 5.74) is 2.15. The highest BCUT2D eigenvalue weighted by Gasteiger charge is 2.33. The average Bonchev–Trinajstić information content (AvgIpc) is 2.78. The highest BCUT2D eigenvalue weighted by atomic mass is 16.5. The summed E-state index contributed by atoms with van der Waals surface area (Å²) in [4.78, 5) is 39.0. The molecule has 0 saturated heterocycles. The van der Waals surface area contributed by atoms with Crippen LogP contribution >= 0.6 is 0 Å². The van der Waals surface area contributed by atoms with E-state index in [0.717, 1.165) is 0 Å². The number of rotatable bonds is 5. The first-order valence-electron chi connectivity index (χ1n) is 10.1. The van der Waals surface area contributed by atoms with E-state index in [2.05, 4.69) is 16.0 Å². The maximum Gasteiger partial charge on any atom is 0.323 e. The van der Waals surface area contributed by atoms with Crippen molar-refractivity contribution in [3.8, 4) is 5.75 Å². The number of para-hydroxylation sites is 2. The number of nitrogens with one attached hydrogen (secondary N) is 3. The Kier molecular flexibility index (Phi) is 6.03. The first-order valence-corrected chi connectivity index (χ1v) is 10.1. The summed E-state index contributed by atoms with van der Waals surface area (Å²) in [6, 6.07) is 22.6. The van der Waals surface area contributed by atoms with E-state index >= 15 is 0 Å². The van der Waals surface area contributed by atoms with Crippen LogP contribution in [-0.2, 0) is 9.59 Å². The fourth-order valence-electron chi connectivity index (χ4n) is 3.33. The zero-order chi connectivity index (χ0) is 22.5. The summed E-state index contributed by atoms with van der Waals surface area (Å²) in [7, 11) is 0. The second kappa shape index (κ2) is 9.22. The van der Waals surface area contributed by atoms with Crippen molar-refractivity contribution in [2.75, 3.05) is 27.4 Å². The second-order valence-corrected chi connectivity index (χ2v) is 7.23. The van der Waals surface area contributed by atoms with Crippen LogP contribution in [0.4, 0.5) is 27.5 Å². The van der Waals surface area contributed by atoms with Crippen molar-refractivity contribution in [1.29, 1.82) is 0 Å². The molecule has 1 aliphatic rings. The van der Waals surface area contributed by atoms with Crippen molar-refractivity contribution in [2.24, 2.45) is 0 Å².